The summed E-state index contributed by atoms with van der Waals surface area (Å²) in [6, 6.07) is 5.54. The predicted molar refractivity (Wildman–Crippen MR) is 91.3 cm³/mol. The third kappa shape index (κ3) is 6.70. The molecule has 0 amide bonds. The van der Waals surface area contributed by atoms with Crippen molar-refractivity contribution in [2.75, 3.05) is 7.11 Å². The normalized spacial score (nSPS) is 13.2. The summed E-state index contributed by atoms with van der Waals surface area (Å²) in [5.74, 6) is 1.75. The SMILES string of the molecule is COc1ccc(CN=C(N)NC(C)CCCC(C)C)cc1O. The molecule has 0 aliphatic heterocycles. The molecule has 0 aliphatic rings. The van der Waals surface area contributed by atoms with Crippen LogP contribution >= 0.6 is 0 Å². The first kappa shape index (κ1) is 18.1. The van der Waals surface area contributed by atoms with E-state index in [0.29, 0.717) is 24.3 Å². The fourth-order valence-corrected chi connectivity index (χ4v) is 2.21. The summed E-state index contributed by atoms with van der Waals surface area (Å²) in [6.07, 6.45) is 3.50. The fraction of sp³-hybridized carbons (Fsp3) is 0.588. The molecule has 0 saturated heterocycles. The van der Waals surface area contributed by atoms with Crippen molar-refractivity contribution in [3.8, 4) is 11.5 Å². The first-order valence-electron chi connectivity index (χ1n) is 7.84. The van der Waals surface area contributed by atoms with Crippen LogP contribution in [0.25, 0.3) is 0 Å². The highest BCUT2D eigenvalue weighted by molar-refractivity contribution is 5.78. The van der Waals surface area contributed by atoms with Crippen LogP contribution in [0, 0.1) is 5.92 Å². The van der Waals surface area contributed by atoms with E-state index in [1.807, 2.05) is 6.07 Å². The van der Waals surface area contributed by atoms with Crippen molar-refractivity contribution in [3.63, 3.8) is 0 Å². The highest BCUT2D eigenvalue weighted by atomic mass is 16.5. The van der Waals surface area contributed by atoms with Crippen LogP contribution in [0.5, 0.6) is 11.5 Å². The van der Waals surface area contributed by atoms with E-state index in [1.165, 1.54) is 20.0 Å². The van der Waals surface area contributed by atoms with E-state index in [-0.39, 0.29) is 5.75 Å². The molecule has 5 heteroatoms. The summed E-state index contributed by atoms with van der Waals surface area (Å²) < 4.78 is 5.01. The summed E-state index contributed by atoms with van der Waals surface area (Å²) >= 11 is 0. The van der Waals surface area contributed by atoms with Crippen LogP contribution in [0.4, 0.5) is 0 Å². The Bertz CT molecular complexity index is 487. The lowest BCUT2D eigenvalue weighted by Crippen LogP contribution is -2.38. The minimum Gasteiger partial charge on any atom is -0.504 e. The van der Waals surface area contributed by atoms with E-state index < -0.39 is 0 Å². The minimum atomic E-state index is 0.115. The number of hydrogen-bond donors (Lipinski definition) is 3. The van der Waals surface area contributed by atoms with Crippen LogP contribution in [-0.2, 0) is 6.54 Å². The van der Waals surface area contributed by atoms with Crippen LogP contribution in [-0.4, -0.2) is 24.2 Å². The molecule has 1 rings (SSSR count). The molecule has 22 heavy (non-hydrogen) atoms. The van der Waals surface area contributed by atoms with Gasteiger partial charge >= 0.3 is 0 Å². The number of aromatic hydroxyl groups is 1. The largest absolute Gasteiger partial charge is 0.504 e. The molecule has 0 bridgehead atoms. The Morgan fingerprint density at radius 3 is 2.64 bits per heavy atom. The van der Waals surface area contributed by atoms with E-state index in [9.17, 15) is 5.11 Å². The van der Waals surface area contributed by atoms with Gasteiger partial charge in [0.2, 0.25) is 0 Å². The number of ether oxygens (including phenoxy) is 1. The summed E-state index contributed by atoms with van der Waals surface area (Å²) in [5.41, 5.74) is 6.78. The van der Waals surface area contributed by atoms with Crippen molar-refractivity contribution in [2.45, 2.75) is 52.6 Å². The van der Waals surface area contributed by atoms with Gasteiger partial charge in [0.1, 0.15) is 0 Å². The molecule has 124 valence electrons. The van der Waals surface area contributed by atoms with Gasteiger partial charge in [0.25, 0.3) is 0 Å². The molecule has 1 aromatic rings. The van der Waals surface area contributed by atoms with Gasteiger partial charge in [0.05, 0.1) is 13.7 Å². The standard InChI is InChI=1S/C17H29N3O2/c1-12(2)6-5-7-13(3)20-17(18)19-11-14-8-9-16(22-4)15(21)10-14/h8-10,12-13,21H,5-7,11H2,1-4H3,(H3,18,19,20). The maximum absolute atomic E-state index is 9.72. The monoisotopic (exact) mass is 307 g/mol. The molecule has 0 spiro atoms. The van der Waals surface area contributed by atoms with Gasteiger partial charge in [-0.15, -0.1) is 0 Å². The van der Waals surface area contributed by atoms with Crippen molar-refractivity contribution in [2.24, 2.45) is 16.6 Å². The number of aliphatic imine (C=N–C) groups is 1. The molecule has 5 nitrogen and oxygen atoms in total. The molecule has 0 radical (unpaired) electrons. The second-order valence-corrected chi connectivity index (χ2v) is 6.08. The first-order chi connectivity index (χ1) is 10.4. The quantitative estimate of drug-likeness (QED) is 0.509. The summed E-state index contributed by atoms with van der Waals surface area (Å²) in [6.45, 7) is 7.01. The van der Waals surface area contributed by atoms with Crippen molar-refractivity contribution >= 4 is 5.96 Å². The highest BCUT2D eigenvalue weighted by Gasteiger charge is 2.05. The zero-order valence-electron chi connectivity index (χ0n) is 14.1. The van der Waals surface area contributed by atoms with Gasteiger partial charge in [0.15, 0.2) is 17.5 Å². The Morgan fingerprint density at radius 1 is 1.32 bits per heavy atom. The number of hydrogen-bond acceptors (Lipinski definition) is 3. The fourth-order valence-electron chi connectivity index (χ4n) is 2.21. The molecular weight excluding hydrogens is 278 g/mol. The van der Waals surface area contributed by atoms with Gasteiger partial charge in [0, 0.05) is 6.04 Å². The van der Waals surface area contributed by atoms with Crippen molar-refractivity contribution in [1.82, 2.24) is 5.32 Å². The van der Waals surface area contributed by atoms with Crippen LogP contribution in [0.3, 0.4) is 0 Å². The lowest BCUT2D eigenvalue weighted by molar-refractivity contribution is 0.373. The number of nitrogens with zero attached hydrogens (tertiary/aromatic N) is 1. The van der Waals surface area contributed by atoms with Crippen LogP contribution < -0.4 is 15.8 Å². The Hall–Kier alpha value is -1.91. The molecule has 1 atom stereocenters. The average molecular weight is 307 g/mol. The topological polar surface area (TPSA) is 79.9 Å². The summed E-state index contributed by atoms with van der Waals surface area (Å²) in [5, 5.41) is 12.9. The second-order valence-electron chi connectivity index (χ2n) is 6.08. The van der Waals surface area contributed by atoms with Crippen molar-refractivity contribution in [1.29, 1.82) is 0 Å². The van der Waals surface area contributed by atoms with Gasteiger partial charge < -0.3 is 20.9 Å². The predicted octanol–water partition coefficient (Wildman–Crippen LogP) is 3.02. The lowest BCUT2D eigenvalue weighted by Gasteiger charge is -2.15. The van der Waals surface area contributed by atoms with Crippen LogP contribution in [0.1, 0.15) is 45.6 Å². The van der Waals surface area contributed by atoms with E-state index in [2.05, 4.69) is 31.1 Å². The van der Waals surface area contributed by atoms with Gasteiger partial charge in [-0.1, -0.05) is 32.8 Å². The highest BCUT2D eigenvalue weighted by Crippen LogP contribution is 2.26. The van der Waals surface area contributed by atoms with Crippen LogP contribution in [0.15, 0.2) is 23.2 Å². The zero-order valence-corrected chi connectivity index (χ0v) is 14.1. The third-order valence-electron chi connectivity index (χ3n) is 3.49. The third-order valence-corrected chi connectivity index (χ3v) is 3.49. The minimum absolute atomic E-state index is 0.115. The van der Waals surface area contributed by atoms with E-state index >= 15 is 0 Å². The Morgan fingerprint density at radius 2 is 2.05 bits per heavy atom. The number of rotatable bonds is 8. The van der Waals surface area contributed by atoms with Gasteiger partial charge in [-0.3, -0.25) is 0 Å². The van der Waals surface area contributed by atoms with Crippen molar-refractivity contribution < 1.29 is 9.84 Å². The molecule has 0 saturated carbocycles. The van der Waals surface area contributed by atoms with Gasteiger partial charge in [-0.25, -0.2) is 4.99 Å². The average Bonchev–Trinajstić information content (AvgIpc) is 2.44. The molecule has 1 aromatic carbocycles. The van der Waals surface area contributed by atoms with E-state index in [1.54, 1.807) is 12.1 Å². The van der Waals surface area contributed by atoms with E-state index in [0.717, 1.165) is 17.9 Å². The second kappa shape index (κ2) is 9.18. The maximum atomic E-state index is 9.72. The van der Waals surface area contributed by atoms with Crippen molar-refractivity contribution in [3.05, 3.63) is 23.8 Å². The molecule has 0 heterocycles. The van der Waals surface area contributed by atoms with E-state index in [4.69, 9.17) is 10.5 Å². The maximum Gasteiger partial charge on any atom is 0.189 e. The zero-order chi connectivity index (χ0) is 16.5. The molecule has 0 fully saturated rings. The Kier molecular flexibility index (Phi) is 7.57. The number of benzene rings is 1. The Balaban J connectivity index is 2.43. The molecule has 1 unspecified atom stereocenters. The van der Waals surface area contributed by atoms with Gasteiger partial charge in [-0.2, -0.15) is 0 Å². The number of guanidine groups is 1. The smallest absolute Gasteiger partial charge is 0.189 e. The molecule has 0 aromatic heterocycles. The molecular formula is C17H29N3O2. The Labute approximate surface area is 133 Å². The first-order valence-corrected chi connectivity index (χ1v) is 7.84. The number of nitrogens with two attached hydrogens (primary N) is 1. The lowest BCUT2D eigenvalue weighted by atomic mass is 10.0. The molecule has 0 aliphatic carbocycles. The number of phenolic OH excluding ortho intramolecular Hbond substituents is 1. The summed E-state index contributed by atoms with van der Waals surface area (Å²) in [4.78, 5) is 4.31. The molecule has 4 N–H and O–H groups in total. The summed E-state index contributed by atoms with van der Waals surface area (Å²) in [7, 11) is 1.52. The van der Waals surface area contributed by atoms with Gasteiger partial charge in [-0.05, 0) is 37.0 Å². The number of methoxy groups -OCH3 is 1. The number of phenols is 1. The number of nitrogens with one attached hydrogen (secondary N) is 1. The van der Waals surface area contributed by atoms with Crippen LogP contribution in [0.2, 0.25) is 0 Å².